The Balaban J connectivity index is 1.95. The van der Waals surface area contributed by atoms with Crippen LogP contribution in [0.25, 0.3) is 44.0 Å². The summed E-state index contributed by atoms with van der Waals surface area (Å²) in [5.74, 6) is -1.72. The predicted octanol–water partition coefficient (Wildman–Crippen LogP) is 6.66. The molecular weight excluding hydrogens is 342 g/mol. The molecule has 0 fully saturated rings. The van der Waals surface area contributed by atoms with Gasteiger partial charge in [-0.15, -0.1) is 0 Å². The highest BCUT2D eigenvalue weighted by Gasteiger charge is 2.24. The highest BCUT2D eigenvalue weighted by atomic mass is 16.3. The molecule has 3 aromatic carbocycles. The molecule has 0 aliphatic rings. The molecule has 0 bridgehead atoms. The van der Waals surface area contributed by atoms with Crippen molar-refractivity contribution in [3.8, 4) is 11.3 Å². The van der Waals surface area contributed by atoms with Crippen LogP contribution in [0.3, 0.4) is 0 Å². The lowest BCUT2D eigenvalue weighted by atomic mass is 9.91. The molecule has 0 aliphatic carbocycles. The second-order valence-electron chi connectivity index (χ2n) is 7.38. The molecule has 28 heavy (non-hydrogen) atoms. The van der Waals surface area contributed by atoms with Gasteiger partial charge in [-0.2, -0.15) is 0 Å². The van der Waals surface area contributed by atoms with E-state index in [0.29, 0.717) is 5.56 Å². The van der Waals surface area contributed by atoms with E-state index in [1.807, 2.05) is 54.2 Å². The summed E-state index contributed by atoms with van der Waals surface area (Å²) in [6, 6.07) is 19.7. The molecule has 0 N–H and O–H groups in total. The second kappa shape index (κ2) is 6.20. The van der Waals surface area contributed by atoms with E-state index >= 15 is 0 Å². The van der Waals surface area contributed by atoms with E-state index in [9.17, 15) is 0 Å². The first-order valence-corrected chi connectivity index (χ1v) is 9.44. The normalized spacial score (nSPS) is 16.5. The van der Waals surface area contributed by atoms with Crippen molar-refractivity contribution in [2.45, 2.75) is 26.6 Å². The van der Waals surface area contributed by atoms with Crippen LogP contribution in [0.1, 0.15) is 36.3 Å². The first-order chi connectivity index (χ1) is 15.1. The van der Waals surface area contributed by atoms with E-state index in [1.54, 1.807) is 6.07 Å². The zero-order valence-corrected chi connectivity index (χ0v) is 16.2. The largest absolute Gasteiger partial charge is 0.455 e. The zero-order valence-electron chi connectivity index (χ0n) is 20.2. The summed E-state index contributed by atoms with van der Waals surface area (Å²) < 4.78 is 40.6. The highest BCUT2D eigenvalue weighted by Crippen LogP contribution is 2.43. The van der Waals surface area contributed by atoms with Gasteiger partial charge in [-0.05, 0) is 35.4 Å². The first-order valence-electron chi connectivity index (χ1n) is 11.4. The molecule has 0 aliphatic heterocycles. The number of pyridine rings is 1. The molecule has 0 saturated heterocycles. The number of hydrogen-bond donors (Lipinski definition) is 0. The van der Waals surface area contributed by atoms with Gasteiger partial charge in [-0.25, -0.2) is 4.57 Å². The van der Waals surface area contributed by atoms with Crippen LogP contribution in [-0.2, 0) is 7.05 Å². The van der Waals surface area contributed by atoms with Crippen molar-refractivity contribution in [2.75, 3.05) is 0 Å². The molecule has 0 amide bonds. The predicted molar refractivity (Wildman–Crippen MR) is 117 cm³/mol. The van der Waals surface area contributed by atoms with Crippen molar-refractivity contribution < 1.29 is 14.5 Å². The van der Waals surface area contributed by atoms with Crippen molar-refractivity contribution in [2.24, 2.45) is 7.05 Å². The molecule has 1 atom stereocenters. The topological polar surface area (TPSA) is 17.0 Å². The van der Waals surface area contributed by atoms with Crippen molar-refractivity contribution in [3.63, 3.8) is 0 Å². The van der Waals surface area contributed by atoms with E-state index in [0.717, 1.165) is 49.5 Å². The Kier molecular flexibility index (Phi) is 2.90. The summed E-state index contributed by atoms with van der Waals surface area (Å²) in [6.07, 6.45) is 1.84. The van der Waals surface area contributed by atoms with Gasteiger partial charge in [-0.3, -0.25) is 0 Å². The van der Waals surface area contributed by atoms with Gasteiger partial charge in [0.2, 0.25) is 5.69 Å². The van der Waals surface area contributed by atoms with Gasteiger partial charge in [-0.1, -0.05) is 56.2 Å². The maximum atomic E-state index is 8.61. The van der Waals surface area contributed by atoms with Crippen LogP contribution in [0, 0.1) is 6.92 Å². The minimum Gasteiger partial charge on any atom is -0.455 e. The Morgan fingerprint density at radius 1 is 1.00 bits per heavy atom. The third-order valence-corrected chi connectivity index (χ3v) is 5.64. The highest BCUT2D eigenvalue weighted by molar-refractivity contribution is 6.22. The molecule has 0 radical (unpaired) electrons. The van der Waals surface area contributed by atoms with E-state index in [1.165, 1.54) is 6.92 Å². The fraction of sp³-hybridized carbons (Fsp3) is 0.192. The average molecular weight is 371 g/mol. The van der Waals surface area contributed by atoms with Crippen LogP contribution in [0.15, 0.2) is 71.3 Å². The van der Waals surface area contributed by atoms with Gasteiger partial charge in [0.1, 0.15) is 18.2 Å². The summed E-state index contributed by atoms with van der Waals surface area (Å²) in [7, 11) is 1.94. The van der Waals surface area contributed by atoms with E-state index < -0.39 is 12.7 Å². The number of para-hydroxylation sites is 1. The summed E-state index contributed by atoms with van der Waals surface area (Å²) in [4.78, 5) is 0. The lowest BCUT2D eigenvalue weighted by molar-refractivity contribution is -0.660. The van der Waals surface area contributed by atoms with E-state index in [2.05, 4.69) is 25.1 Å². The smallest absolute Gasteiger partial charge is 0.213 e. The first kappa shape index (κ1) is 13.1. The maximum absolute atomic E-state index is 8.61. The van der Waals surface area contributed by atoms with Gasteiger partial charge in [0.15, 0.2) is 6.20 Å². The van der Waals surface area contributed by atoms with Crippen molar-refractivity contribution in [1.29, 1.82) is 0 Å². The SMILES string of the molecule is [2H]C([2H])([2H])C([2H])(C)c1cc[n+](C)c(-c2c(C)c3ccccc3c3oc4ccccc4c23)c1. The molecule has 2 heterocycles. The summed E-state index contributed by atoms with van der Waals surface area (Å²) in [5.41, 5.74) is 5.02. The average Bonchev–Trinajstić information content (AvgIpc) is 3.14. The molecular formula is C26H24NO+. The summed E-state index contributed by atoms with van der Waals surface area (Å²) in [5, 5.41) is 4.15. The number of rotatable bonds is 2. The maximum Gasteiger partial charge on any atom is 0.213 e. The monoisotopic (exact) mass is 370 g/mol. The van der Waals surface area contributed by atoms with Gasteiger partial charge in [0, 0.05) is 33.8 Å². The number of fused-ring (bicyclic) bond motifs is 5. The molecule has 2 aromatic heterocycles. The number of benzene rings is 3. The van der Waals surface area contributed by atoms with Crippen molar-refractivity contribution in [3.05, 3.63) is 78.0 Å². The number of aryl methyl sites for hydroxylation is 2. The molecule has 2 heteroatoms. The molecule has 2 nitrogen and oxygen atoms in total. The van der Waals surface area contributed by atoms with Crippen LogP contribution >= 0.6 is 0 Å². The van der Waals surface area contributed by atoms with E-state index in [4.69, 9.17) is 9.90 Å². The van der Waals surface area contributed by atoms with Crippen LogP contribution in [0.5, 0.6) is 0 Å². The standard InChI is InChI=1S/C26H24NO/c1-16(2)18-13-14-27(4)22(15-18)24-17(3)19-9-5-6-10-20(19)26-25(24)21-11-7-8-12-23(21)28-26/h5-16H,1-4H3/q+1/i1D3,16D. The number of hydrogen-bond acceptors (Lipinski definition) is 1. The molecule has 5 rings (SSSR count). The second-order valence-corrected chi connectivity index (χ2v) is 7.38. The fourth-order valence-corrected chi connectivity index (χ4v) is 4.19. The Morgan fingerprint density at radius 2 is 1.71 bits per heavy atom. The van der Waals surface area contributed by atoms with Crippen molar-refractivity contribution in [1.82, 2.24) is 0 Å². The number of aromatic nitrogens is 1. The van der Waals surface area contributed by atoms with Gasteiger partial charge in [0.05, 0.1) is 5.56 Å². The van der Waals surface area contributed by atoms with Gasteiger partial charge in [0.25, 0.3) is 0 Å². The zero-order chi connectivity index (χ0) is 22.8. The van der Waals surface area contributed by atoms with Gasteiger partial charge >= 0.3 is 0 Å². The molecule has 5 aromatic rings. The van der Waals surface area contributed by atoms with Crippen LogP contribution < -0.4 is 4.57 Å². The Labute approximate surface area is 170 Å². The Hall–Kier alpha value is -3.13. The Morgan fingerprint density at radius 3 is 2.50 bits per heavy atom. The van der Waals surface area contributed by atoms with Crippen LogP contribution in [-0.4, -0.2) is 0 Å². The quantitative estimate of drug-likeness (QED) is 0.317. The number of nitrogens with zero attached hydrogens (tertiary/aromatic N) is 1. The van der Waals surface area contributed by atoms with E-state index in [-0.39, 0.29) is 0 Å². The fourth-order valence-electron chi connectivity index (χ4n) is 4.19. The molecule has 0 spiro atoms. The summed E-state index contributed by atoms with van der Waals surface area (Å²) in [6.45, 7) is 1.10. The number of furan rings is 1. The molecule has 138 valence electrons. The van der Waals surface area contributed by atoms with Crippen molar-refractivity contribution >= 4 is 32.7 Å². The molecule has 0 saturated carbocycles. The van der Waals surface area contributed by atoms with Crippen LogP contribution in [0.2, 0.25) is 0 Å². The molecule has 1 unspecified atom stereocenters. The third kappa shape index (κ3) is 2.37. The third-order valence-electron chi connectivity index (χ3n) is 5.64. The Bertz CT molecular complexity index is 1510. The van der Waals surface area contributed by atoms with Crippen LogP contribution in [0.4, 0.5) is 0 Å². The lowest BCUT2D eigenvalue weighted by Crippen LogP contribution is -2.31. The minimum absolute atomic E-state index is 0.458. The van der Waals surface area contributed by atoms with Gasteiger partial charge < -0.3 is 4.42 Å². The summed E-state index contributed by atoms with van der Waals surface area (Å²) >= 11 is 0. The lowest BCUT2D eigenvalue weighted by Gasteiger charge is -2.12. The minimum atomic E-state index is -2.44.